The second kappa shape index (κ2) is 8.45. The average Bonchev–Trinajstić information content (AvgIpc) is 2.64. The second-order valence-electron chi connectivity index (χ2n) is 6.43. The van der Waals surface area contributed by atoms with E-state index in [1.54, 1.807) is 12.1 Å². The summed E-state index contributed by atoms with van der Waals surface area (Å²) < 4.78 is 19.5. The lowest BCUT2D eigenvalue weighted by Gasteiger charge is -2.28. The Morgan fingerprint density at radius 2 is 2.00 bits per heavy atom. The minimum absolute atomic E-state index is 0.0455. The second-order valence-corrected chi connectivity index (χ2v) is 6.43. The number of rotatable bonds is 7. The molecule has 0 radical (unpaired) electrons. The summed E-state index contributed by atoms with van der Waals surface area (Å²) in [4.78, 5) is 2.35. The van der Waals surface area contributed by atoms with Crippen molar-refractivity contribution in [3.63, 3.8) is 0 Å². The van der Waals surface area contributed by atoms with Gasteiger partial charge in [-0.15, -0.1) is 0 Å². The first kappa shape index (κ1) is 17.9. The van der Waals surface area contributed by atoms with Crippen LogP contribution in [0, 0.1) is 5.82 Å². The summed E-state index contributed by atoms with van der Waals surface area (Å²) in [6.07, 6.45) is 0.967. The number of likely N-dealkylation sites (N-methyl/N-ethyl adjacent to an activating group) is 1. The predicted octanol–water partition coefficient (Wildman–Crippen LogP) is 3.78. The van der Waals surface area contributed by atoms with Crippen LogP contribution in [0.2, 0.25) is 0 Å². The first-order chi connectivity index (χ1) is 12.2. The number of hydrogen-bond acceptors (Lipinski definition) is 3. The number of fused-ring (bicyclic) bond motifs is 1. The molecular formula is C21H27FN2O. The number of nitrogens with one attached hydrogen (secondary N) is 1. The smallest absolute Gasteiger partial charge is 0.123 e. The van der Waals surface area contributed by atoms with Crippen LogP contribution in [0.5, 0.6) is 5.75 Å². The van der Waals surface area contributed by atoms with Crippen molar-refractivity contribution in [2.45, 2.75) is 26.3 Å². The van der Waals surface area contributed by atoms with Gasteiger partial charge in [-0.1, -0.05) is 32.0 Å². The molecule has 0 aromatic heterocycles. The summed E-state index contributed by atoms with van der Waals surface area (Å²) in [5.74, 6) is 0.730. The Bertz CT molecular complexity index is 700. The van der Waals surface area contributed by atoms with Gasteiger partial charge >= 0.3 is 0 Å². The molecule has 2 aromatic carbocycles. The van der Waals surface area contributed by atoms with Crippen LogP contribution < -0.4 is 10.1 Å². The molecule has 0 bridgehead atoms. The van der Waals surface area contributed by atoms with Gasteiger partial charge in [-0.2, -0.15) is 0 Å². The fourth-order valence-corrected chi connectivity index (χ4v) is 3.45. The Morgan fingerprint density at radius 3 is 2.76 bits per heavy atom. The molecule has 0 amide bonds. The predicted molar refractivity (Wildman–Crippen MR) is 99.7 cm³/mol. The molecule has 1 unspecified atom stereocenters. The van der Waals surface area contributed by atoms with Crippen LogP contribution in [0.15, 0.2) is 42.5 Å². The lowest BCUT2D eigenvalue weighted by molar-refractivity contribution is 0.222. The van der Waals surface area contributed by atoms with Crippen LogP contribution in [-0.2, 0) is 6.42 Å². The third-order valence-corrected chi connectivity index (χ3v) is 4.92. The molecule has 25 heavy (non-hydrogen) atoms. The molecule has 0 fully saturated rings. The van der Waals surface area contributed by atoms with Gasteiger partial charge in [0.1, 0.15) is 18.2 Å². The number of ether oxygens (including phenoxy) is 1. The van der Waals surface area contributed by atoms with Crippen molar-refractivity contribution in [3.05, 3.63) is 65.0 Å². The summed E-state index contributed by atoms with van der Waals surface area (Å²) in [5, 5.41) is 3.50. The molecule has 1 atom stereocenters. The topological polar surface area (TPSA) is 24.5 Å². The maximum absolute atomic E-state index is 13.6. The van der Waals surface area contributed by atoms with Crippen molar-refractivity contribution in [1.29, 1.82) is 0 Å². The highest BCUT2D eigenvalue weighted by Gasteiger charge is 2.22. The van der Waals surface area contributed by atoms with Gasteiger partial charge in [0.15, 0.2) is 0 Å². The zero-order valence-corrected chi connectivity index (χ0v) is 15.1. The van der Waals surface area contributed by atoms with Gasteiger partial charge in [-0.3, -0.25) is 0 Å². The van der Waals surface area contributed by atoms with E-state index in [9.17, 15) is 4.39 Å². The van der Waals surface area contributed by atoms with Gasteiger partial charge in [-0.25, -0.2) is 4.39 Å². The van der Waals surface area contributed by atoms with E-state index in [2.05, 4.69) is 36.2 Å². The zero-order valence-electron chi connectivity index (χ0n) is 15.1. The quantitative estimate of drug-likeness (QED) is 0.829. The van der Waals surface area contributed by atoms with E-state index in [0.717, 1.165) is 43.9 Å². The molecule has 4 heteroatoms. The zero-order chi connectivity index (χ0) is 17.6. The lowest BCUT2D eigenvalue weighted by Crippen LogP contribution is -2.30. The maximum atomic E-state index is 13.6. The first-order valence-electron chi connectivity index (χ1n) is 9.18. The fraction of sp³-hybridized carbons (Fsp3) is 0.429. The van der Waals surface area contributed by atoms with Crippen LogP contribution in [0.4, 0.5) is 4.39 Å². The lowest BCUT2D eigenvalue weighted by atomic mass is 9.90. The maximum Gasteiger partial charge on any atom is 0.123 e. The van der Waals surface area contributed by atoms with Crippen molar-refractivity contribution >= 4 is 0 Å². The molecule has 1 aliphatic heterocycles. The van der Waals surface area contributed by atoms with E-state index in [4.69, 9.17) is 4.74 Å². The van der Waals surface area contributed by atoms with Gasteiger partial charge in [0, 0.05) is 13.1 Å². The number of benzene rings is 2. The number of hydrogen-bond donors (Lipinski definition) is 1. The Balaban J connectivity index is 1.72. The van der Waals surface area contributed by atoms with Crippen molar-refractivity contribution in [3.8, 4) is 5.75 Å². The average molecular weight is 342 g/mol. The first-order valence-corrected chi connectivity index (χ1v) is 9.18. The van der Waals surface area contributed by atoms with Crippen LogP contribution in [0.3, 0.4) is 0 Å². The minimum atomic E-state index is -0.192. The summed E-state index contributed by atoms with van der Waals surface area (Å²) in [6, 6.07) is 13.2. The van der Waals surface area contributed by atoms with Gasteiger partial charge in [0.2, 0.25) is 0 Å². The molecule has 3 rings (SSSR count). The highest BCUT2D eigenvalue weighted by molar-refractivity contribution is 5.43. The Morgan fingerprint density at radius 1 is 1.16 bits per heavy atom. The van der Waals surface area contributed by atoms with E-state index in [-0.39, 0.29) is 11.9 Å². The molecule has 1 heterocycles. The standard InChI is InChI=1S/C21H27FN2O/c1-3-24(4-2)12-13-25-19-8-9-20-16(15-19)10-11-23-21(20)17-6-5-7-18(22)14-17/h5-9,14-15,21,23H,3-4,10-13H2,1-2H3. The van der Waals surface area contributed by atoms with Gasteiger partial charge in [0.25, 0.3) is 0 Å². The van der Waals surface area contributed by atoms with Crippen molar-refractivity contribution in [2.24, 2.45) is 0 Å². The van der Waals surface area contributed by atoms with E-state index in [0.29, 0.717) is 6.61 Å². The largest absolute Gasteiger partial charge is 0.492 e. The molecule has 0 spiro atoms. The molecule has 1 aliphatic rings. The van der Waals surface area contributed by atoms with Gasteiger partial charge in [0.05, 0.1) is 6.04 Å². The monoisotopic (exact) mass is 342 g/mol. The third kappa shape index (κ3) is 4.39. The molecule has 3 nitrogen and oxygen atoms in total. The molecule has 2 aromatic rings. The van der Waals surface area contributed by atoms with E-state index < -0.39 is 0 Å². The summed E-state index contributed by atoms with van der Waals surface area (Å²) >= 11 is 0. The highest BCUT2D eigenvalue weighted by atomic mass is 19.1. The number of halogens is 1. The SMILES string of the molecule is CCN(CC)CCOc1ccc2c(c1)CCNC2c1cccc(F)c1. The summed E-state index contributed by atoms with van der Waals surface area (Å²) in [5.41, 5.74) is 3.47. The van der Waals surface area contributed by atoms with E-state index in [1.165, 1.54) is 17.2 Å². The van der Waals surface area contributed by atoms with Crippen LogP contribution >= 0.6 is 0 Å². The molecule has 0 saturated heterocycles. The normalized spacial score (nSPS) is 16.7. The molecule has 0 aliphatic carbocycles. The van der Waals surface area contributed by atoms with E-state index in [1.807, 2.05) is 12.1 Å². The third-order valence-electron chi connectivity index (χ3n) is 4.92. The van der Waals surface area contributed by atoms with Crippen LogP contribution in [-0.4, -0.2) is 37.7 Å². The summed E-state index contributed by atoms with van der Waals surface area (Å²) in [7, 11) is 0. The molecule has 0 saturated carbocycles. The highest BCUT2D eigenvalue weighted by Crippen LogP contribution is 2.31. The fourth-order valence-electron chi connectivity index (χ4n) is 3.45. The molecule has 1 N–H and O–H groups in total. The minimum Gasteiger partial charge on any atom is -0.492 e. The van der Waals surface area contributed by atoms with Crippen molar-refractivity contribution in [2.75, 3.05) is 32.8 Å². The Hall–Kier alpha value is -1.91. The van der Waals surface area contributed by atoms with E-state index >= 15 is 0 Å². The van der Waals surface area contributed by atoms with Crippen molar-refractivity contribution in [1.82, 2.24) is 10.2 Å². The van der Waals surface area contributed by atoms with Gasteiger partial charge < -0.3 is 15.0 Å². The number of nitrogens with zero attached hydrogens (tertiary/aromatic N) is 1. The van der Waals surface area contributed by atoms with Gasteiger partial charge in [-0.05, 0) is 60.5 Å². The van der Waals surface area contributed by atoms with Crippen LogP contribution in [0.1, 0.15) is 36.6 Å². The molecule has 134 valence electrons. The Kier molecular flexibility index (Phi) is 6.05. The van der Waals surface area contributed by atoms with Crippen molar-refractivity contribution < 1.29 is 9.13 Å². The molecular weight excluding hydrogens is 315 g/mol. The van der Waals surface area contributed by atoms with Crippen LogP contribution in [0.25, 0.3) is 0 Å². The Labute approximate surface area is 149 Å². The summed E-state index contributed by atoms with van der Waals surface area (Å²) in [6.45, 7) is 8.96.